The number of hydrogen-bond donors (Lipinski definition) is 1. The van der Waals surface area contributed by atoms with E-state index >= 15 is 0 Å². The van der Waals surface area contributed by atoms with E-state index in [-0.39, 0.29) is 22.5 Å². The maximum absolute atomic E-state index is 13.1. The maximum atomic E-state index is 13.1. The van der Waals surface area contributed by atoms with E-state index in [1.807, 2.05) is 0 Å². The topological polar surface area (TPSA) is 130 Å². The van der Waals surface area contributed by atoms with Crippen molar-refractivity contribution in [3.05, 3.63) is 47.3 Å². The lowest BCUT2D eigenvalue weighted by molar-refractivity contribution is -0.0868. The second kappa shape index (κ2) is 11.5. The number of rotatable bonds is 10. The van der Waals surface area contributed by atoms with Crippen molar-refractivity contribution in [2.45, 2.75) is 46.0 Å². The third-order valence-electron chi connectivity index (χ3n) is 5.11. The van der Waals surface area contributed by atoms with Gasteiger partial charge in [0.1, 0.15) is 11.4 Å². The number of benzene rings is 1. The third-order valence-corrected chi connectivity index (χ3v) is 5.11. The summed E-state index contributed by atoms with van der Waals surface area (Å²) in [7, 11) is 1.47. The predicted octanol–water partition coefficient (Wildman–Crippen LogP) is 3.77. The molecule has 1 aromatic carbocycles. The number of nitrogens with zero attached hydrogens (tertiary/aromatic N) is 1. The van der Waals surface area contributed by atoms with Gasteiger partial charge in [-0.3, -0.25) is 9.59 Å². The van der Waals surface area contributed by atoms with Crippen LogP contribution in [-0.2, 0) is 14.2 Å². The first-order valence-electron chi connectivity index (χ1n) is 11.2. The molecule has 1 fully saturated rings. The fraction of sp³-hybridized carbons (Fsp3) is 0.400. The molecule has 1 amide bonds. The second-order valence-electron chi connectivity index (χ2n) is 8.32. The molecule has 2 aromatic rings. The van der Waals surface area contributed by atoms with Gasteiger partial charge >= 0.3 is 12.1 Å². The molecule has 1 atom stereocenters. The number of nitrogens with one attached hydrogen (secondary N) is 1. The van der Waals surface area contributed by atoms with Crippen LogP contribution in [0.15, 0.2) is 30.3 Å². The van der Waals surface area contributed by atoms with Gasteiger partial charge in [-0.15, -0.1) is 0 Å². The molecule has 1 saturated carbocycles. The highest BCUT2D eigenvalue weighted by molar-refractivity contribution is 6.01. The Labute approximate surface area is 202 Å². The summed E-state index contributed by atoms with van der Waals surface area (Å²) >= 11 is 0. The number of methoxy groups -OCH3 is 1. The van der Waals surface area contributed by atoms with E-state index in [2.05, 4.69) is 10.3 Å². The Bertz CT molecular complexity index is 1110. The molecular formula is C25H28N2O8. The van der Waals surface area contributed by atoms with Crippen molar-refractivity contribution in [2.24, 2.45) is 5.92 Å². The van der Waals surface area contributed by atoms with E-state index in [1.165, 1.54) is 26.2 Å². The quantitative estimate of drug-likeness (QED) is 0.304. The van der Waals surface area contributed by atoms with Crippen LogP contribution < -0.4 is 10.1 Å². The molecule has 0 bridgehead atoms. The SMILES string of the molecule is COc1ccc(C=O)c(-c2ccc(C(=O)NCC3CC3)nc2C(=O)OC(C)OC(=O)OC(C)C)c1. The van der Waals surface area contributed by atoms with Crippen LogP contribution in [0.3, 0.4) is 0 Å². The van der Waals surface area contributed by atoms with E-state index in [0.29, 0.717) is 30.1 Å². The zero-order valence-electron chi connectivity index (χ0n) is 20.0. The fourth-order valence-corrected chi connectivity index (χ4v) is 3.19. The normalized spacial score (nSPS) is 13.5. The van der Waals surface area contributed by atoms with E-state index in [1.54, 1.807) is 32.0 Å². The first-order chi connectivity index (χ1) is 16.7. The molecule has 10 nitrogen and oxygen atoms in total. The minimum absolute atomic E-state index is 0.00434. The zero-order chi connectivity index (χ0) is 25.5. The van der Waals surface area contributed by atoms with Gasteiger partial charge in [0.2, 0.25) is 6.29 Å². The lowest BCUT2D eigenvalue weighted by Crippen LogP contribution is -2.28. The van der Waals surface area contributed by atoms with Crippen molar-refractivity contribution >= 4 is 24.3 Å². The third kappa shape index (κ3) is 7.02. The predicted molar refractivity (Wildman–Crippen MR) is 124 cm³/mol. The van der Waals surface area contributed by atoms with Crippen LogP contribution in [0.4, 0.5) is 4.79 Å². The molecule has 0 radical (unpaired) electrons. The summed E-state index contributed by atoms with van der Waals surface area (Å²) in [6.07, 6.45) is 0.0363. The number of carbonyl (C=O) groups is 4. The van der Waals surface area contributed by atoms with Crippen molar-refractivity contribution < 1.29 is 38.1 Å². The molecule has 10 heteroatoms. The fourth-order valence-electron chi connectivity index (χ4n) is 3.19. The number of carbonyl (C=O) groups excluding carboxylic acids is 4. The summed E-state index contributed by atoms with van der Waals surface area (Å²) < 4.78 is 20.3. The van der Waals surface area contributed by atoms with Crippen LogP contribution in [0, 0.1) is 5.92 Å². The summed E-state index contributed by atoms with van der Waals surface area (Å²) in [6.45, 7) is 5.16. The second-order valence-corrected chi connectivity index (χ2v) is 8.32. The van der Waals surface area contributed by atoms with Gasteiger partial charge in [-0.05, 0) is 68.5 Å². The summed E-state index contributed by atoms with van der Waals surface area (Å²) in [5.41, 5.74) is 0.651. The molecule has 0 spiro atoms. The van der Waals surface area contributed by atoms with E-state index in [9.17, 15) is 19.2 Å². The molecule has 1 unspecified atom stereocenters. The standard InChI is InChI=1S/C25H28N2O8/c1-14(2)33-25(31)35-15(3)34-24(30)22-19(20-11-18(32-4)8-7-17(20)13-28)9-10-21(27-22)23(29)26-12-16-5-6-16/h7-11,13-16H,5-6,12H2,1-4H3,(H,26,29). The van der Waals surface area contributed by atoms with E-state index in [0.717, 1.165) is 12.8 Å². The molecule has 1 N–H and O–H groups in total. The number of esters is 1. The smallest absolute Gasteiger partial charge is 0.497 e. The van der Waals surface area contributed by atoms with Crippen LogP contribution in [0.1, 0.15) is 64.9 Å². The van der Waals surface area contributed by atoms with Gasteiger partial charge < -0.3 is 24.3 Å². The number of aldehydes is 1. The van der Waals surface area contributed by atoms with Gasteiger partial charge in [-0.1, -0.05) is 0 Å². The van der Waals surface area contributed by atoms with Crippen molar-refractivity contribution in [2.75, 3.05) is 13.7 Å². The molecule has 0 aliphatic heterocycles. The highest BCUT2D eigenvalue weighted by Gasteiger charge is 2.26. The Kier molecular flexibility index (Phi) is 8.40. The van der Waals surface area contributed by atoms with E-state index < -0.39 is 30.4 Å². The van der Waals surface area contributed by atoms with Gasteiger partial charge in [0, 0.05) is 24.6 Å². The van der Waals surface area contributed by atoms with Gasteiger partial charge in [0.25, 0.3) is 5.91 Å². The zero-order valence-corrected chi connectivity index (χ0v) is 20.0. The Morgan fingerprint density at radius 2 is 1.80 bits per heavy atom. The molecule has 0 saturated heterocycles. The van der Waals surface area contributed by atoms with E-state index in [4.69, 9.17) is 18.9 Å². The first-order valence-corrected chi connectivity index (χ1v) is 11.2. The first kappa shape index (κ1) is 25.7. The van der Waals surface area contributed by atoms with Gasteiger partial charge in [-0.25, -0.2) is 14.6 Å². The number of aromatic nitrogens is 1. The molecule has 1 heterocycles. The summed E-state index contributed by atoms with van der Waals surface area (Å²) in [5.74, 6) is -0.493. The number of ether oxygens (including phenoxy) is 4. The van der Waals surface area contributed by atoms with Gasteiger partial charge in [0.15, 0.2) is 12.0 Å². The van der Waals surface area contributed by atoms with Gasteiger partial charge in [-0.2, -0.15) is 0 Å². The lowest BCUT2D eigenvalue weighted by atomic mass is 9.98. The average molecular weight is 485 g/mol. The van der Waals surface area contributed by atoms with Crippen molar-refractivity contribution in [1.29, 1.82) is 0 Å². The maximum Gasteiger partial charge on any atom is 0.511 e. The Balaban J connectivity index is 1.94. The number of amides is 1. The minimum Gasteiger partial charge on any atom is -0.497 e. The van der Waals surface area contributed by atoms with Crippen molar-refractivity contribution in [1.82, 2.24) is 10.3 Å². The van der Waals surface area contributed by atoms with Crippen LogP contribution in [0.25, 0.3) is 11.1 Å². The molecule has 3 rings (SSSR count). The van der Waals surface area contributed by atoms with Crippen LogP contribution in [0.5, 0.6) is 5.75 Å². The summed E-state index contributed by atoms with van der Waals surface area (Å²) in [4.78, 5) is 53.4. The molecule has 1 aliphatic carbocycles. The van der Waals surface area contributed by atoms with Crippen molar-refractivity contribution in [3.63, 3.8) is 0 Å². The van der Waals surface area contributed by atoms with Crippen molar-refractivity contribution in [3.8, 4) is 16.9 Å². The van der Waals surface area contributed by atoms with Crippen LogP contribution in [0.2, 0.25) is 0 Å². The highest BCUT2D eigenvalue weighted by atomic mass is 16.8. The van der Waals surface area contributed by atoms with Crippen LogP contribution >= 0.6 is 0 Å². The molecule has 1 aliphatic rings. The Hall–Kier alpha value is -3.95. The molecule has 35 heavy (non-hydrogen) atoms. The number of pyridine rings is 1. The average Bonchev–Trinajstić information content (AvgIpc) is 3.65. The molecular weight excluding hydrogens is 456 g/mol. The van der Waals surface area contributed by atoms with Crippen LogP contribution in [-0.4, -0.2) is 55.4 Å². The largest absolute Gasteiger partial charge is 0.511 e. The Morgan fingerprint density at radius 3 is 2.43 bits per heavy atom. The molecule has 1 aromatic heterocycles. The molecule has 186 valence electrons. The summed E-state index contributed by atoms with van der Waals surface area (Å²) in [5, 5.41) is 2.80. The highest BCUT2D eigenvalue weighted by Crippen LogP contribution is 2.31. The number of hydrogen-bond acceptors (Lipinski definition) is 9. The monoisotopic (exact) mass is 484 g/mol. The Morgan fingerprint density at radius 1 is 1.06 bits per heavy atom. The summed E-state index contributed by atoms with van der Waals surface area (Å²) in [6, 6.07) is 7.69. The lowest BCUT2D eigenvalue weighted by Gasteiger charge is -2.17. The van der Waals surface area contributed by atoms with Gasteiger partial charge in [0.05, 0.1) is 13.2 Å². The minimum atomic E-state index is -1.30.